The standard InChI is InChI=1S/C12H23NO2S/c1-12(2,10(13)11(14)15)16-8-9-6-4-3-5-7-9/h9-10H,3-8,13H2,1-2H3,(H,14,15)/t10-/m0/s1. The highest BCUT2D eigenvalue weighted by atomic mass is 32.2. The largest absolute Gasteiger partial charge is 0.480 e. The summed E-state index contributed by atoms with van der Waals surface area (Å²) in [4.78, 5) is 10.9. The zero-order valence-electron chi connectivity index (χ0n) is 10.2. The molecular formula is C12H23NO2S. The predicted molar refractivity (Wildman–Crippen MR) is 68.7 cm³/mol. The summed E-state index contributed by atoms with van der Waals surface area (Å²) in [7, 11) is 0. The number of carboxylic acids is 1. The molecule has 3 nitrogen and oxygen atoms in total. The molecule has 1 aliphatic rings. The van der Waals surface area contributed by atoms with Crippen molar-refractivity contribution in [2.45, 2.75) is 56.7 Å². The minimum Gasteiger partial charge on any atom is -0.480 e. The van der Waals surface area contributed by atoms with Crippen molar-refractivity contribution >= 4 is 17.7 Å². The van der Waals surface area contributed by atoms with Crippen molar-refractivity contribution in [2.75, 3.05) is 5.75 Å². The smallest absolute Gasteiger partial charge is 0.321 e. The molecule has 4 heteroatoms. The van der Waals surface area contributed by atoms with Crippen molar-refractivity contribution in [2.24, 2.45) is 11.7 Å². The van der Waals surface area contributed by atoms with Crippen LogP contribution in [0.5, 0.6) is 0 Å². The molecule has 0 radical (unpaired) electrons. The summed E-state index contributed by atoms with van der Waals surface area (Å²) in [6, 6.07) is -0.777. The quantitative estimate of drug-likeness (QED) is 0.781. The van der Waals surface area contributed by atoms with E-state index in [9.17, 15) is 4.79 Å². The lowest BCUT2D eigenvalue weighted by Crippen LogP contribution is -2.47. The fourth-order valence-corrected chi connectivity index (χ4v) is 3.35. The number of aliphatic carboxylic acids is 1. The summed E-state index contributed by atoms with van der Waals surface area (Å²) in [6.45, 7) is 3.86. The van der Waals surface area contributed by atoms with Gasteiger partial charge in [0.2, 0.25) is 0 Å². The van der Waals surface area contributed by atoms with Crippen LogP contribution < -0.4 is 5.73 Å². The van der Waals surface area contributed by atoms with Crippen molar-refractivity contribution in [1.29, 1.82) is 0 Å². The van der Waals surface area contributed by atoms with Gasteiger partial charge in [0.15, 0.2) is 0 Å². The van der Waals surface area contributed by atoms with Crippen LogP contribution in [0.25, 0.3) is 0 Å². The molecule has 1 atom stereocenters. The van der Waals surface area contributed by atoms with Gasteiger partial charge >= 0.3 is 5.97 Å². The monoisotopic (exact) mass is 245 g/mol. The predicted octanol–water partition coefficient (Wildman–Crippen LogP) is 2.49. The molecule has 0 aromatic carbocycles. The van der Waals surface area contributed by atoms with Crippen molar-refractivity contribution in [3.05, 3.63) is 0 Å². The fraction of sp³-hybridized carbons (Fsp3) is 0.917. The molecule has 0 amide bonds. The van der Waals surface area contributed by atoms with Crippen molar-refractivity contribution in [3.63, 3.8) is 0 Å². The van der Waals surface area contributed by atoms with Crippen LogP contribution in [-0.4, -0.2) is 27.6 Å². The lowest BCUT2D eigenvalue weighted by atomic mass is 9.91. The number of hydrogen-bond acceptors (Lipinski definition) is 3. The molecule has 0 bridgehead atoms. The molecule has 94 valence electrons. The van der Waals surface area contributed by atoms with Gasteiger partial charge in [-0.1, -0.05) is 19.3 Å². The molecule has 0 unspecified atom stereocenters. The van der Waals surface area contributed by atoms with E-state index in [1.807, 2.05) is 13.8 Å². The summed E-state index contributed by atoms with van der Waals surface area (Å²) in [5.74, 6) is 0.911. The van der Waals surface area contributed by atoms with E-state index in [-0.39, 0.29) is 4.75 Å². The molecule has 3 N–H and O–H groups in total. The average Bonchev–Trinajstić information content (AvgIpc) is 2.27. The van der Waals surface area contributed by atoms with Gasteiger partial charge in [-0.05, 0) is 38.4 Å². The zero-order valence-corrected chi connectivity index (χ0v) is 11.1. The van der Waals surface area contributed by atoms with Crippen LogP contribution in [-0.2, 0) is 4.79 Å². The first-order valence-corrected chi connectivity index (χ1v) is 7.04. The Balaban J connectivity index is 2.37. The summed E-state index contributed by atoms with van der Waals surface area (Å²) in [6.07, 6.45) is 6.61. The highest BCUT2D eigenvalue weighted by Crippen LogP contribution is 2.33. The molecule has 0 aliphatic heterocycles. The third-order valence-corrected chi connectivity index (χ3v) is 5.07. The average molecular weight is 245 g/mol. The van der Waals surface area contributed by atoms with Gasteiger partial charge in [-0.3, -0.25) is 4.79 Å². The van der Waals surface area contributed by atoms with E-state index in [1.165, 1.54) is 32.1 Å². The molecule has 0 saturated heterocycles. The molecule has 1 aliphatic carbocycles. The Morgan fingerprint density at radius 1 is 1.44 bits per heavy atom. The van der Waals surface area contributed by atoms with Crippen LogP contribution in [0.2, 0.25) is 0 Å². The molecule has 1 fully saturated rings. The summed E-state index contributed by atoms with van der Waals surface area (Å²) >= 11 is 1.72. The molecule has 16 heavy (non-hydrogen) atoms. The summed E-state index contributed by atoms with van der Waals surface area (Å²) in [5.41, 5.74) is 5.69. The molecule has 0 aromatic rings. The molecule has 0 heterocycles. The van der Waals surface area contributed by atoms with Gasteiger partial charge in [0.1, 0.15) is 6.04 Å². The first-order valence-electron chi connectivity index (χ1n) is 6.06. The van der Waals surface area contributed by atoms with Gasteiger partial charge in [-0.25, -0.2) is 0 Å². The van der Waals surface area contributed by atoms with Crippen LogP contribution >= 0.6 is 11.8 Å². The maximum atomic E-state index is 10.9. The second-order valence-corrected chi connectivity index (χ2v) is 6.91. The van der Waals surface area contributed by atoms with Crippen LogP contribution in [0.4, 0.5) is 0 Å². The number of carbonyl (C=O) groups is 1. The summed E-state index contributed by atoms with van der Waals surface area (Å²) < 4.78 is -0.372. The van der Waals surface area contributed by atoms with Gasteiger partial charge in [0.25, 0.3) is 0 Å². The first kappa shape index (κ1) is 13.8. The molecule has 0 aromatic heterocycles. The normalized spacial score (nSPS) is 20.7. The maximum Gasteiger partial charge on any atom is 0.321 e. The van der Waals surface area contributed by atoms with E-state index in [2.05, 4.69) is 0 Å². The number of hydrogen-bond donors (Lipinski definition) is 2. The SMILES string of the molecule is CC(C)(SCC1CCCCC1)[C@@H](N)C(=O)O. The Morgan fingerprint density at radius 3 is 2.50 bits per heavy atom. The highest BCUT2D eigenvalue weighted by molar-refractivity contribution is 8.00. The lowest BCUT2D eigenvalue weighted by Gasteiger charge is -2.31. The van der Waals surface area contributed by atoms with E-state index in [4.69, 9.17) is 10.8 Å². The molecular weight excluding hydrogens is 222 g/mol. The Bertz CT molecular complexity index is 237. The second kappa shape index (κ2) is 5.92. The van der Waals surface area contributed by atoms with Crippen molar-refractivity contribution < 1.29 is 9.90 Å². The van der Waals surface area contributed by atoms with E-state index in [0.717, 1.165) is 11.7 Å². The summed E-state index contributed by atoms with van der Waals surface area (Å²) in [5, 5.41) is 8.92. The number of thioether (sulfide) groups is 1. The van der Waals surface area contributed by atoms with E-state index < -0.39 is 12.0 Å². The third kappa shape index (κ3) is 3.98. The fourth-order valence-electron chi connectivity index (χ4n) is 2.07. The Hall–Kier alpha value is -0.220. The van der Waals surface area contributed by atoms with Gasteiger partial charge in [-0.15, -0.1) is 0 Å². The molecule has 1 saturated carbocycles. The maximum absolute atomic E-state index is 10.9. The van der Waals surface area contributed by atoms with Gasteiger partial charge in [0, 0.05) is 4.75 Å². The number of rotatable bonds is 5. The van der Waals surface area contributed by atoms with E-state index in [1.54, 1.807) is 11.8 Å². The number of carboxylic acid groups (broad SMARTS) is 1. The Labute approximate surface area is 102 Å². The second-order valence-electron chi connectivity index (χ2n) is 5.23. The lowest BCUT2D eigenvalue weighted by molar-refractivity contribution is -0.139. The van der Waals surface area contributed by atoms with Crippen LogP contribution in [0.3, 0.4) is 0 Å². The van der Waals surface area contributed by atoms with Gasteiger partial charge in [-0.2, -0.15) is 11.8 Å². The van der Waals surface area contributed by atoms with Gasteiger partial charge < -0.3 is 10.8 Å². The van der Waals surface area contributed by atoms with E-state index in [0.29, 0.717) is 0 Å². The van der Waals surface area contributed by atoms with Crippen LogP contribution in [0, 0.1) is 5.92 Å². The Kier molecular flexibility index (Phi) is 5.12. The van der Waals surface area contributed by atoms with Crippen LogP contribution in [0.1, 0.15) is 46.0 Å². The minimum absolute atomic E-state index is 0.372. The Morgan fingerprint density at radius 2 is 2.00 bits per heavy atom. The van der Waals surface area contributed by atoms with Gasteiger partial charge in [0.05, 0.1) is 0 Å². The number of nitrogens with two attached hydrogens (primary N) is 1. The highest BCUT2D eigenvalue weighted by Gasteiger charge is 2.33. The minimum atomic E-state index is -0.902. The third-order valence-electron chi connectivity index (χ3n) is 3.43. The zero-order chi connectivity index (χ0) is 12.2. The topological polar surface area (TPSA) is 63.3 Å². The molecule has 1 rings (SSSR count). The molecule has 0 spiro atoms. The van der Waals surface area contributed by atoms with Crippen LogP contribution in [0.15, 0.2) is 0 Å². The van der Waals surface area contributed by atoms with Crippen molar-refractivity contribution in [1.82, 2.24) is 0 Å². The van der Waals surface area contributed by atoms with E-state index >= 15 is 0 Å². The van der Waals surface area contributed by atoms with Crippen molar-refractivity contribution in [3.8, 4) is 0 Å². The first-order chi connectivity index (χ1) is 7.43.